The fraction of sp³-hybridized carbons (Fsp3) is 0.562. The molecule has 2 rings (SSSR count). The summed E-state index contributed by atoms with van der Waals surface area (Å²) in [5.74, 6) is -2.49. The second kappa shape index (κ2) is 9.45. The van der Waals surface area contributed by atoms with E-state index in [4.69, 9.17) is 9.84 Å². The Bertz CT molecular complexity index is 793. The molecule has 2 heterocycles. The Morgan fingerprint density at radius 1 is 1.28 bits per heavy atom. The minimum atomic E-state index is -1.70. The molecular formula is C16H22N4O9. The Hall–Kier alpha value is -3.03. The van der Waals surface area contributed by atoms with Crippen molar-refractivity contribution in [3.8, 4) is 0 Å². The summed E-state index contributed by atoms with van der Waals surface area (Å²) < 4.78 is 15.8. The summed E-state index contributed by atoms with van der Waals surface area (Å²) in [6.45, 7) is 0.412. The van der Waals surface area contributed by atoms with Gasteiger partial charge in [-0.05, 0) is 6.08 Å². The monoisotopic (exact) mass is 414 g/mol. The molecule has 5 atom stereocenters. The summed E-state index contributed by atoms with van der Waals surface area (Å²) in [6.07, 6.45) is -2.23. The fourth-order valence-electron chi connectivity index (χ4n) is 2.80. The summed E-state index contributed by atoms with van der Waals surface area (Å²) in [5, 5.41) is 39.5. The molecule has 0 saturated heterocycles. The van der Waals surface area contributed by atoms with Crippen LogP contribution in [0.5, 0.6) is 0 Å². The number of hydrogen-bond donors (Lipinski definition) is 4. The van der Waals surface area contributed by atoms with Crippen molar-refractivity contribution >= 4 is 17.8 Å². The highest BCUT2D eigenvalue weighted by Crippen LogP contribution is 2.30. The van der Waals surface area contributed by atoms with Crippen molar-refractivity contribution in [1.29, 1.82) is 0 Å². The third-order valence-electron chi connectivity index (χ3n) is 4.19. The number of aliphatic hydroxyl groups excluding tert-OH is 3. The maximum atomic E-state index is 12.0. The first-order valence-electron chi connectivity index (χ1n) is 8.44. The maximum Gasteiger partial charge on any atom is 0.373 e. The predicted molar refractivity (Wildman–Crippen MR) is 92.1 cm³/mol. The van der Waals surface area contributed by atoms with Gasteiger partial charge in [0.15, 0.2) is 5.69 Å². The van der Waals surface area contributed by atoms with Gasteiger partial charge in [0.05, 0.1) is 39.1 Å². The number of rotatable bonds is 7. The van der Waals surface area contributed by atoms with Crippen molar-refractivity contribution in [3.05, 3.63) is 23.7 Å². The zero-order valence-electron chi connectivity index (χ0n) is 15.9. The highest BCUT2D eigenvalue weighted by Gasteiger charge is 2.45. The molecule has 29 heavy (non-hydrogen) atoms. The van der Waals surface area contributed by atoms with Gasteiger partial charge < -0.3 is 34.8 Å². The molecule has 0 fully saturated rings. The van der Waals surface area contributed by atoms with Crippen LogP contribution in [0, 0.1) is 0 Å². The lowest BCUT2D eigenvalue weighted by atomic mass is 9.92. The van der Waals surface area contributed by atoms with Crippen molar-refractivity contribution in [2.75, 3.05) is 20.8 Å². The van der Waals surface area contributed by atoms with Crippen LogP contribution in [0.15, 0.2) is 18.0 Å². The smallest absolute Gasteiger partial charge is 0.373 e. The summed E-state index contributed by atoms with van der Waals surface area (Å²) in [6, 6.07) is -2.04. The van der Waals surface area contributed by atoms with Crippen molar-refractivity contribution in [2.45, 2.75) is 37.3 Å². The molecule has 13 heteroatoms. The Morgan fingerprint density at radius 3 is 2.48 bits per heavy atom. The lowest BCUT2D eigenvalue weighted by Crippen LogP contribution is -2.58. The van der Waals surface area contributed by atoms with Crippen LogP contribution < -0.4 is 5.32 Å². The number of aromatic nitrogens is 3. The van der Waals surface area contributed by atoms with Crippen LogP contribution >= 0.6 is 0 Å². The molecule has 0 bridgehead atoms. The third-order valence-corrected chi connectivity index (χ3v) is 4.19. The molecule has 1 aliphatic rings. The van der Waals surface area contributed by atoms with E-state index in [2.05, 4.69) is 25.1 Å². The van der Waals surface area contributed by atoms with Crippen molar-refractivity contribution in [1.82, 2.24) is 20.3 Å². The molecule has 4 N–H and O–H groups in total. The van der Waals surface area contributed by atoms with Crippen LogP contribution in [-0.4, -0.2) is 93.3 Å². The highest BCUT2D eigenvalue weighted by molar-refractivity contribution is 5.87. The summed E-state index contributed by atoms with van der Waals surface area (Å²) >= 11 is 0. The number of esters is 2. The molecular weight excluding hydrogens is 392 g/mol. The number of methoxy groups -OCH3 is 2. The Balaban J connectivity index is 2.53. The minimum Gasteiger partial charge on any atom is -0.478 e. The van der Waals surface area contributed by atoms with E-state index in [1.807, 2.05) is 0 Å². The van der Waals surface area contributed by atoms with E-state index in [1.54, 1.807) is 0 Å². The number of nitrogens with one attached hydrogen (secondary N) is 1. The summed E-state index contributed by atoms with van der Waals surface area (Å²) in [7, 11) is 2.27. The van der Waals surface area contributed by atoms with E-state index < -0.39 is 54.8 Å². The summed E-state index contributed by atoms with van der Waals surface area (Å²) in [4.78, 5) is 35.4. The normalized spacial score (nSPS) is 23.2. The zero-order chi connectivity index (χ0) is 21.7. The molecule has 0 unspecified atom stereocenters. The van der Waals surface area contributed by atoms with Crippen molar-refractivity contribution in [3.63, 3.8) is 0 Å². The second-order valence-corrected chi connectivity index (χ2v) is 6.14. The lowest BCUT2D eigenvalue weighted by molar-refractivity contribution is -0.149. The van der Waals surface area contributed by atoms with E-state index in [9.17, 15) is 24.6 Å². The largest absolute Gasteiger partial charge is 0.478 e. The van der Waals surface area contributed by atoms with Gasteiger partial charge in [0.2, 0.25) is 11.7 Å². The number of carbonyl (C=O) groups is 3. The van der Waals surface area contributed by atoms with Crippen LogP contribution in [-0.2, 0) is 23.8 Å². The topological polar surface area (TPSA) is 182 Å². The van der Waals surface area contributed by atoms with Crippen molar-refractivity contribution < 1.29 is 43.9 Å². The van der Waals surface area contributed by atoms with E-state index in [0.29, 0.717) is 0 Å². The second-order valence-electron chi connectivity index (χ2n) is 6.14. The van der Waals surface area contributed by atoms with Gasteiger partial charge in [0, 0.05) is 6.92 Å². The van der Waals surface area contributed by atoms with Crippen molar-refractivity contribution in [2.24, 2.45) is 0 Å². The summed E-state index contributed by atoms with van der Waals surface area (Å²) in [5.41, 5.74) is -0.138. The molecule has 0 radical (unpaired) electrons. The molecule has 160 valence electrons. The first-order chi connectivity index (χ1) is 13.7. The van der Waals surface area contributed by atoms with Gasteiger partial charge in [-0.3, -0.25) is 4.79 Å². The zero-order valence-corrected chi connectivity index (χ0v) is 15.9. The van der Waals surface area contributed by atoms with Gasteiger partial charge >= 0.3 is 11.9 Å². The Labute approximate surface area is 164 Å². The molecule has 0 spiro atoms. The van der Waals surface area contributed by atoms with E-state index in [-0.39, 0.29) is 11.5 Å². The van der Waals surface area contributed by atoms with Crippen LogP contribution in [0.1, 0.15) is 23.5 Å². The van der Waals surface area contributed by atoms with Gasteiger partial charge in [-0.25, -0.2) is 14.3 Å². The molecule has 1 aromatic heterocycles. The fourth-order valence-corrected chi connectivity index (χ4v) is 2.80. The molecule has 1 aromatic rings. The number of carbonyl (C=O) groups excluding carboxylic acids is 3. The standard InChI is InChI=1S/C16H22N4O9/c1-7(22)17-12-9(20-5-8(18-19-20)15(25)27-2)4-11(16(26)28-3)29-14(12)13(24)10(23)6-21/h4-5,9-10,12-14,21,23-24H,6H2,1-3H3,(H,17,22)/t9-,10+,12+,13+,14+/m0/s1. The van der Waals surface area contributed by atoms with Crippen LogP contribution in [0.3, 0.4) is 0 Å². The Kier molecular flexibility index (Phi) is 7.25. The molecule has 0 saturated carbocycles. The average Bonchev–Trinajstić information content (AvgIpc) is 3.21. The first-order valence-corrected chi connectivity index (χ1v) is 8.44. The van der Waals surface area contributed by atoms with Crippen LogP contribution in [0.2, 0.25) is 0 Å². The number of nitrogens with zero attached hydrogens (tertiary/aromatic N) is 3. The van der Waals surface area contributed by atoms with Gasteiger partial charge in [-0.1, -0.05) is 5.21 Å². The number of aliphatic hydroxyl groups is 3. The molecule has 13 nitrogen and oxygen atoms in total. The minimum absolute atomic E-state index is 0.138. The lowest BCUT2D eigenvalue weighted by Gasteiger charge is -2.39. The highest BCUT2D eigenvalue weighted by atomic mass is 16.6. The third kappa shape index (κ3) is 4.88. The van der Waals surface area contributed by atoms with Gasteiger partial charge in [0.25, 0.3) is 0 Å². The van der Waals surface area contributed by atoms with Crippen LogP contribution in [0.4, 0.5) is 0 Å². The van der Waals surface area contributed by atoms with E-state index in [0.717, 1.165) is 18.9 Å². The van der Waals surface area contributed by atoms with Crippen LogP contribution in [0.25, 0.3) is 0 Å². The Morgan fingerprint density at radius 2 is 1.93 bits per heavy atom. The quantitative estimate of drug-likeness (QED) is 0.340. The number of ether oxygens (including phenoxy) is 3. The molecule has 1 amide bonds. The predicted octanol–water partition coefficient (Wildman–Crippen LogP) is -2.72. The van der Waals surface area contributed by atoms with E-state index >= 15 is 0 Å². The van der Waals surface area contributed by atoms with Gasteiger partial charge in [-0.2, -0.15) is 0 Å². The number of hydrogen-bond acceptors (Lipinski definition) is 11. The average molecular weight is 414 g/mol. The van der Waals surface area contributed by atoms with Gasteiger partial charge in [0.1, 0.15) is 18.3 Å². The maximum absolute atomic E-state index is 12.0. The SMILES string of the molecule is COC(=O)C1=C[C@H](n2cc(C(=O)OC)nn2)[C@@H](NC(C)=O)[C@H]([C@H](O)[C@H](O)CO)O1. The molecule has 0 aromatic carbocycles. The first kappa shape index (κ1) is 22.3. The van der Waals surface area contributed by atoms with E-state index in [1.165, 1.54) is 19.2 Å². The molecule has 0 aliphatic carbocycles. The van der Waals surface area contributed by atoms with Gasteiger partial charge in [-0.15, -0.1) is 5.10 Å². The number of amides is 1. The molecule has 1 aliphatic heterocycles.